The molecule has 0 saturated carbocycles. The van der Waals surface area contributed by atoms with Gasteiger partial charge in [0.2, 0.25) is 0 Å². The fraction of sp³-hybridized carbons (Fsp3) is 0.583. The number of halogens is 3. The Hall–Kier alpha value is -1.74. The van der Waals surface area contributed by atoms with Crippen molar-refractivity contribution in [2.75, 3.05) is 44.3 Å². The second-order valence-corrected chi connectivity index (χ2v) is 13.1. The number of anilines is 1. The van der Waals surface area contributed by atoms with E-state index in [9.17, 15) is 31.8 Å². The molecule has 204 valence electrons. The van der Waals surface area contributed by atoms with E-state index in [0.29, 0.717) is 38.4 Å². The summed E-state index contributed by atoms with van der Waals surface area (Å²) in [6, 6.07) is 8.38. The molecular formula is C24H30F3N3O5S2. The zero-order valence-corrected chi connectivity index (χ0v) is 21.8. The number of thiophene rings is 1. The number of nitrogens with zero attached hydrogens (tertiary/aromatic N) is 3. The van der Waals surface area contributed by atoms with E-state index >= 15 is 0 Å². The minimum absolute atomic E-state index is 0.0177. The van der Waals surface area contributed by atoms with Gasteiger partial charge in [-0.3, -0.25) is 4.90 Å². The van der Waals surface area contributed by atoms with Crippen LogP contribution >= 0.6 is 11.3 Å². The van der Waals surface area contributed by atoms with Gasteiger partial charge >= 0.3 is 6.18 Å². The Morgan fingerprint density at radius 2 is 1.86 bits per heavy atom. The van der Waals surface area contributed by atoms with Gasteiger partial charge in [-0.05, 0) is 42.5 Å². The molecule has 2 N–H and O–H groups in total. The first kappa shape index (κ1) is 26.9. The SMILES string of the molecule is C[C@](O)(c1ccc(N2CCN(S(=O)(=O)c3cccs3)C[C@@H]2CN2[C@@H]3COC[C@H]2[C@H](O)C3)cc1)C(F)(F)F. The second-order valence-electron chi connectivity index (χ2n) is 10.0. The van der Waals surface area contributed by atoms with Gasteiger partial charge < -0.3 is 19.8 Å². The minimum Gasteiger partial charge on any atom is -0.391 e. The number of aliphatic hydroxyl groups excluding tert-OH is 1. The van der Waals surface area contributed by atoms with E-state index in [4.69, 9.17) is 4.74 Å². The Bertz CT molecular complexity index is 1190. The number of piperazine rings is 1. The summed E-state index contributed by atoms with van der Waals surface area (Å²) in [4.78, 5) is 4.18. The van der Waals surface area contributed by atoms with Crippen LogP contribution in [0.1, 0.15) is 18.9 Å². The largest absolute Gasteiger partial charge is 0.421 e. The Kier molecular flexibility index (Phi) is 7.10. The Morgan fingerprint density at radius 3 is 2.49 bits per heavy atom. The molecule has 0 aliphatic carbocycles. The highest BCUT2D eigenvalue weighted by atomic mass is 32.2. The molecule has 3 aliphatic rings. The van der Waals surface area contributed by atoms with Crippen LogP contribution in [-0.4, -0.2) is 97.6 Å². The molecule has 13 heteroatoms. The number of hydrogen-bond acceptors (Lipinski definition) is 8. The molecule has 4 heterocycles. The highest BCUT2D eigenvalue weighted by molar-refractivity contribution is 7.91. The van der Waals surface area contributed by atoms with Crippen LogP contribution in [0.25, 0.3) is 0 Å². The van der Waals surface area contributed by atoms with Gasteiger partial charge in [0.15, 0.2) is 5.60 Å². The first-order chi connectivity index (χ1) is 17.4. The number of hydrogen-bond donors (Lipinski definition) is 2. The molecule has 0 unspecified atom stereocenters. The molecule has 2 bridgehead atoms. The van der Waals surface area contributed by atoms with Crippen LogP contribution in [0.2, 0.25) is 0 Å². The first-order valence-electron chi connectivity index (χ1n) is 12.1. The van der Waals surface area contributed by atoms with Crippen molar-refractivity contribution >= 4 is 27.0 Å². The third kappa shape index (κ3) is 4.90. The standard InChI is InChI=1S/C24H30F3N3O5S2/c1-23(32,24(25,26)27)16-4-6-17(7-5-16)29-9-8-28(37(33,34)22-3-2-10-36-22)12-19(29)13-30-18-11-21(31)20(30)15-35-14-18/h2-7,10,18-21,31-32H,8-9,11-15H2,1H3/t18-,19+,20-,21+,23-/m0/s1. The lowest BCUT2D eigenvalue weighted by molar-refractivity contribution is -0.258. The van der Waals surface area contributed by atoms with Gasteiger partial charge in [0.25, 0.3) is 10.0 Å². The third-order valence-corrected chi connectivity index (χ3v) is 11.0. The Balaban J connectivity index is 1.43. The number of ether oxygens (including phenoxy) is 1. The van der Waals surface area contributed by atoms with Crippen LogP contribution in [0.4, 0.5) is 18.9 Å². The summed E-state index contributed by atoms with van der Waals surface area (Å²) in [5, 5.41) is 22.3. The van der Waals surface area contributed by atoms with Crippen molar-refractivity contribution in [2.24, 2.45) is 0 Å². The lowest BCUT2D eigenvalue weighted by atomic mass is 9.95. The van der Waals surface area contributed by atoms with Crippen molar-refractivity contribution in [2.45, 2.75) is 53.6 Å². The summed E-state index contributed by atoms with van der Waals surface area (Å²) in [7, 11) is -3.69. The Labute approximate surface area is 217 Å². The van der Waals surface area contributed by atoms with E-state index in [1.807, 2.05) is 4.90 Å². The topological polar surface area (TPSA) is 93.6 Å². The number of aliphatic hydroxyl groups is 2. The molecule has 8 nitrogen and oxygen atoms in total. The van der Waals surface area contributed by atoms with Gasteiger partial charge in [0.1, 0.15) is 4.21 Å². The molecule has 5 atom stereocenters. The molecule has 1 aromatic carbocycles. The molecule has 3 aliphatic heterocycles. The second kappa shape index (κ2) is 9.78. The summed E-state index contributed by atoms with van der Waals surface area (Å²) < 4.78 is 73.9. The maximum atomic E-state index is 13.3. The van der Waals surface area contributed by atoms with Gasteiger partial charge in [-0.1, -0.05) is 18.2 Å². The number of benzene rings is 1. The summed E-state index contributed by atoms with van der Waals surface area (Å²) in [5.41, 5.74) is -2.61. The summed E-state index contributed by atoms with van der Waals surface area (Å²) in [6.07, 6.45) is -4.77. The number of morpholine rings is 1. The van der Waals surface area contributed by atoms with E-state index in [0.717, 1.165) is 18.3 Å². The predicted octanol–water partition coefficient (Wildman–Crippen LogP) is 2.23. The van der Waals surface area contributed by atoms with Gasteiger partial charge in [-0.25, -0.2) is 8.42 Å². The smallest absolute Gasteiger partial charge is 0.391 e. The van der Waals surface area contributed by atoms with Gasteiger partial charge in [0.05, 0.1) is 31.4 Å². The highest BCUT2D eigenvalue weighted by Gasteiger charge is 2.51. The van der Waals surface area contributed by atoms with Crippen LogP contribution < -0.4 is 4.90 Å². The van der Waals surface area contributed by atoms with Crippen molar-refractivity contribution < 1.29 is 36.5 Å². The summed E-state index contributed by atoms with van der Waals surface area (Å²) in [5.74, 6) is 0. The normalized spacial score (nSPS) is 29.4. The minimum atomic E-state index is -4.82. The fourth-order valence-electron chi connectivity index (χ4n) is 5.51. The molecule has 0 radical (unpaired) electrons. The van der Waals surface area contributed by atoms with Crippen LogP contribution in [0, 0.1) is 0 Å². The molecule has 5 rings (SSSR count). The van der Waals surface area contributed by atoms with Crippen molar-refractivity contribution in [1.29, 1.82) is 0 Å². The lowest BCUT2D eigenvalue weighted by Crippen LogP contribution is -2.61. The van der Waals surface area contributed by atoms with E-state index in [1.165, 1.54) is 28.6 Å². The number of sulfonamides is 1. The van der Waals surface area contributed by atoms with Crippen molar-refractivity contribution in [1.82, 2.24) is 9.21 Å². The Morgan fingerprint density at radius 1 is 1.14 bits per heavy atom. The molecular weight excluding hydrogens is 531 g/mol. The zero-order valence-electron chi connectivity index (χ0n) is 20.2. The van der Waals surface area contributed by atoms with Crippen LogP contribution in [0.5, 0.6) is 0 Å². The highest BCUT2D eigenvalue weighted by Crippen LogP contribution is 2.39. The van der Waals surface area contributed by atoms with E-state index in [1.54, 1.807) is 17.5 Å². The molecule has 2 aromatic rings. The van der Waals surface area contributed by atoms with Crippen LogP contribution in [0.15, 0.2) is 46.0 Å². The van der Waals surface area contributed by atoms with Gasteiger partial charge in [-0.2, -0.15) is 17.5 Å². The van der Waals surface area contributed by atoms with Crippen LogP contribution in [-0.2, 0) is 20.4 Å². The zero-order chi connectivity index (χ0) is 26.6. The monoisotopic (exact) mass is 561 g/mol. The molecule has 0 amide bonds. The average Bonchev–Trinajstić information content (AvgIpc) is 3.44. The van der Waals surface area contributed by atoms with E-state index < -0.39 is 27.9 Å². The maximum Gasteiger partial charge on any atom is 0.421 e. The fourth-order valence-corrected chi connectivity index (χ4v) is 8.12. The number of fused-ring (bicyclic) bond motifs is 2. The van der Waals surface area contributed by atoms with Gasteiger partial charge in [0, 0.05) is 37.9 Å². The van der Waals surface area contributed by atoms with Crippen molar-refractivity contribution in [3.63, 3.8) is 0 Å². The van der Waals surface area contributed by atoms with E-state index in [2.05, 4.69) is 4.90 Å². The number of rotatable bonds is 6. The summed E-state index contributed by atoms with van der Waals surface area (Å²) >= 11 is 1.16. The van der Waals surface area contributed by atoms with Gasteiger partial charge in [-0.15, -0.1) is 11.3 Å². The average molecular weight is 562 g/mol. The number of alkyl halides is 3. The maximum absolute atomic E-state index is 13.3. The van der Waals surface area contributed by atoms with Crippen LogP contribution in [0.3, 0.4) is 0 Å². The molecule has 1 aromatic heterocycles. The lowest BCUT2D eigenvalue weighted by Gasteiger charge is -2.46. The quantitative estimate of drug-likeness (QED) is 0.559. The molecule has 37 heavy (non-hydrogen) atoms. The van der Waals surface area contributed by atoms with E-state index in [-0.39, 0.29) is 41.0 Å². The van der Waals surface area contributed by atoms with Crippen molar-refractivity contribution in [3.05, 3.63) is 47.3 Å². The predicted molar refractivity (Wildman–Crippen MR) is 132 cm³/mol. The summed E-state index contributed by atoms with van der Waals surface area (Å²) in [6.45, 7) is 2.81. The first-order valence-corrected chi connectivity index (χ1v) is 14.4. The molecule has 0 spiro atoms. The molecule has 3 saturated heterocycles. The molecule has 3 fully saturated rings. The third-order valence-electron chi connectivity index (χ3n) is 7.72. The van der Waals surface area contributed by atoms with Crippen molar-refractivity contribution in [3.8, 4) is 0 Å².